The highest BCUT2D eigenvalue weighted by Gasteiger charge is 2.26. The lowest BCUT2D eigenvalue weighted by Gasteiger charge is -2.23. The average Bonchev–Trinajstić information content (AvgIpc) is 3.00. The van der Waals surface area contributed by atoms with Crippen LogP contribution < -0.4 is 0 Å². The predicted octanol–water partition coefficient (Wildman–Crippen LogP) is 3.61. The van der Waals surface area contributed by atoms with Crippen molar-refractivity contribution in [3.8, 4) is 0 Å². The highest BCUT2D eigenvalue weighted by molar-refractivity contribution is 5.78. The largest absolute Gasteiger partial charge is 0.343 e. The van der Waals surface area contributed by atoms with Crippen LogP contribution in [0.4, 0.5) is 0 Å². The number of hydrogen-bond donors (Lipinski definition) is 0. The lowest BCUT2D eigenvalue weighted by Crippen LogP contribution is -2.33. The quantitative estimate of drug-likeness (QED) is 0.839. The highest BCUT2D eigenvalue weighted by Crippen LogP contribution is 2.24. The fourth-order valence-electron chi connectivity index (χ4n) is 3.96. The minimum Gasteiger partial charge on any atom is -0.343 e. The summed E-state index contributed by atoms with van der Waals surface area (Å²) in [6.07, 6.45) is 7.75. The Balaban J connectivity index is 1.51. The summed E-state index contributed by atoms with van der Waals surface area (Å²) >= 11 is 0. The van der Waals surface area contributed by atoms with E-state index in [4.69, 9.17) is 0 Å². The Morgan fingerprint density at radius 2 is 1.68 bits per heavy atom. The van der Waals surface area contributed by atoms with Crippen LogP contribution in [0.1, 0.15) is 56.9 Å². The lowest BCUT2D eigenvalue weighted by molar-refractivity contribution is -0.133. The second-order valence-corrected chi connectivity index (χ2v) is 7.49. The molecule has 0 spiro atoms. The monoisotopic (exact) mass is 342 g/mol. The number of likely N-dealkylation sites (tertiary alicyclic amines) is 2. The van der Waals surface area contributed by atoms with Gasteiger partial charge in [0.25, 0.3) is 0 Å². The minimum atomic E-state index is 0.230. The van der Waals surface area contributed by atoms with Gasteiger partial charge in [-0.15, -0.1) is 0 Å². The van der Waals surface area contributed by atoms with Gasteiger partial charge >= 0.3 is 0 Å². The first-order valence-corrected chi connectivity index (χ1v) is 9.82. The zero-order chi connectivity index (χ0) is 17.5. The van der Waals surface area contributed by atoms with Crippen LogP contribution >= 0.6 is 0 Å². The Morgan fingerprint density at radius 3 is 2.40 bits per heavy atom. The molecule has 2 aliphatic rings. The Kier molecular flexibility index (Phi) is 6.48. The van der Waals surface area contributed by atoms with Gasteiger partial charge in [0, 0.05) is 39.0 Å². The van der Waals surface area contributed by atoms with Crippen LogP contribution in [0.3, 0.4) is 0 Å². The van der Waals surface area contributed by atoms with E-state index in [9.17, 15) is 9.59 Å². The number of benzene rings is 1. The average molecular weight is 342 g/mol. The number of carbonyl (C=O) groups excluding carboxylic acids is 2. The molecule has 2 aliphatic heterocycles. The summed E-state index contributed by atoms with van der Waals surface area (Å²) in [7, 11) is 0. The van der Waals surface area contributed by atoms with Gasteiger partial charge in [-0.2, -0.15) is 0 Å². The normalized spacial score (nSPS) is 22.4. The van der Waals surface area contributed by atoms with Crippen molar-refractivity contribution >= 4 is 11.8 Å². The molecule has 3 rings (SSSR count). The van der Waals surface area contributed by atoms with E-state index in [-0.39, 0.29) is 5.91 Å². The molecule has 136 valence electrons. The van der Waals surface area contributed by atoms with Crippen LogP contribution in [-0.2, 0) is 16.1 Å². The summed E-state index contributed by atoms with van der Waals surface area (Å²) < 4.78 is 0. The van der Waals surface area contributed by atoms with E-state index >= 15 is 0 Å². The first kappa shape index (κ1) is 18.0. The molecule has 4 nitrogen and oxygen atoms in total. The summed E-state index contributed by atoms with van der Waals surface area (Å²) in [5.74, 6) is 0.880. The second-order valence-electron chi connectivity index (χ2n) is 7.49. The van der Waals surface area contributed by atoms with Gasteiger partial charge in [-0.25, -0.2) is 0 Å². The molecular weight excluding hydrogens is 312 g/mol. The molecule has 2 heterocycles. The van der Waals surface area contributed by atoms with Gasteiger partial charge < -0.3 is 9.80 Å². The van der Waals surface area contributed by atoms with Crippen LogP contribution in [0.2, 0.25) is 0 Å². The maximum absolute atomic E-state index is 12.6. The Hall–Kier alpha value is -1.84. The van der Waals surface area contributed by atoms with Gasteiger partial charge in [-0.1, -0.05) is 43.2 Å². The third-order valence-electron chi connectivity index (χ3n) is 5.56. The second kappa shape index (κ2) is 9.02. The Labute approximate surface area is 151 Å². The standard InChI is InChI=1S/C21H30N2O2/c24-20-11-10-18(16-21(25)22-13-6-1-2-7-14-22)12-15-23(20)17-19-8-4-3-5-9-19/h3-5,8-9,18H,1-2,6-7,10-17H2. The van der Waals surface area contributed by atoms with Gasteiger partial charge in [0.1, 0.15) is 0 Å². The molecule has 2 saturated heterocycles. The molecule has 0 aromatic heterocycles. The predicted molar refractivity (Wildman–Crippen MR) is 98.9 cm³/mol. The lowest BCUT2D eigenvalue weighted by atomic mass is 9.96. The molecule has 1 aromatic carbocycles. The third-order valence-corrected chi connectivity index (χ3v) is 5.56. The molecule has 0 aliphatic carbocycles. The number of carbonyl (C=O) groups is 2. The fourth-order valence-corrected chi connectivity index (χ4v) is 3.96. The van der Waals surface area contributed by atoms with Gasteiger partial charge in [0.2, 0.25) is 11.8 Å². The maximum Gasteiger partial charge on any atom is 0.222 e. The molecule has 0 saturated carbocycles. The molecule has 1 unspecified atom stereocenters. The topological polar surface area (TPSA) is 40.6 Å². The first-order valence-electron chi connectivity index (χ1n) is 9.82. The Morgan fingerprint density at radius 1 is 0.960 bits per heavy atom. The number of rotatable bonds is 4. The van der Waals surface area contributed by atoms with Crippen molar-refractivity contribution in [2.75, 3.05) is 19.6 Å². The van der Waals surface area contributed by atoms with Crippen molar-refractivity contribution in [2.24, 2.45) is 5.92 Å². The zero-order valence-electron chi connectivity index (χ0n) is 15.2. The highest BCUT2D eigenvalue weighted by atomic mass is 16.2. The van der Waals surface area contributed by atoms with Crippen molar-refractivity contribution in [3.63, 3.8) is 0 Å². The summed E-state index contributed by atoms with van der Waals surface area (Å²) in [5.41, 5.74) is 1.18. The van der Waals surface area contributed by atoms with Gasteiger partial charge in [0.15, 0.2) is 0 Å². The molecule has 2 fully saturated rings. The van der Waals surface area contributed by atoms with Crippen molar-refractivity contribution in [3.05, 3.63) is 35.9 Å². The Bertz CT molecular complexity index is 565. The zero-order valence-corrected chi connectivity index (χ0v) is 15.2. The first-order chi connectivity index (χ1) is 12.2. The van der Waals surface area contributed by atoms with E-state index in [1.165, 1.54) is 18.4 Å². The number of nitrogens with zero attached hydrogens (tertiary/aromatic N) is 2. The van der Waals surface area contributed by atoms with Gasteiger partial charge in [-0.3, -0.25) is 9.59 Å². The van der Waals surface area contributed by atoms with E-state index < -0.39 is 0 Å². The van der Waals surface area contributed by atoms with Crippen molar-refractivity contribution < 1.29 is 9.59 Å². The summed E-state index contributed by atoms with van der Waals surface area (Å²) in [5, 5.41) is 0. The van der Waals surface area contributed by atoms with Crippen LogP contribution in [-0.4, -0.2) is 41.2 Å². The van der Waals surface area contributed by atoms with Gasteiger partial charge in [0.05, 0.1) is 0 Å². The number of hydrogen-bond acceptors (Lipinski definition) is 2. The van der Waals surface area contributed by atoms with Crippen molar-refractivity contribution in [1.29, 1.82) is 0 Å². The molecule has 2 amide bonds. The van der Waals surface area contributed by atoms with E-state index in [2.05, 4.69) is 17.0 Å². The molecule has 0 radical (unpaired) electrons. The summed E-state index contributed by atoms with van der Waals surface area (Å²) in [6, 6.07) is 10.2. The van der Waals surface area contributed by atoms with Gasteiger partial charge in [-0.05, 0) is 37.2 Å². The molecule has 25 heavy (non-hydrogen) atoms. The molecule has 0 bridgehead atoms. The van der Waals surface area contributed by atoms with E-state index in [0.717, 1.165) is 45.3 Å². The third kappa shape index (κ3) is 5.32. The molecular formula is C21H30N2O2. The van der Waals surface area contributed by atoms with E-state index in [0.29, 0.717) is 31.2 Å². The van der Waals surface area contributed by atoms with E-state index in [1.807, 2.05) is 23.1 Å². The molecule has 4 heteroatoms. The van der Waals surface area contributed by atoms with Crippen LogP contribution in [0.15, 0.2) is 30.3 Å². The van der Waals surface area contributed by atoms with Crippen LogP contribution in [0.5, 0.6) is 0 Å². The summed E-state index contributed by atoms with van der Waals surface area (Å²) in [4.78, 5) is 29.1. The smallest absolute Gasteiger partial charge is 0.222 e. The van der Waals surface area contributed by atoms with Crippen LogP contribution in [0.25, 0.3) is 0 Å². The number of amides is 2. The fraction of sp³-hybridized carbons (Fsp3) is 0.619. The van der Waals surface area contributed by atoms with Crippen molar-refractivity contribution in [2.45, 2.75) is 57.9 Å². The SMILES string of the molecule is O=C(CC1CCC(=O)N(Cc2ccccc2)CC1)N1CCCCCC1. The maximum atomic E-state index is 12.6. The van der Waals surface area contributed by atoms with E-state index in [1.54, 1.807) is 0 Å². The minimum absolute atomic E-state index is 0.230. The van der Waals surface area contributed by atoms with Crippen molar-refractivity contribution in [1.82, 2.24) is 9.80 Å². The summed E-state index contributed by atoms with van der Waals surface area (Å²) in [6.45, 7) is 3.30. The molecule has 1 aromatic rings. The van der Waals surface area contributed by atoms with Crippen LogP contribution in [0, 0.1) is 5.92 Å². The molecule has 1 atom stereocenters. The molecule has 0 N–H and O–H groups in total.